The first kappa shape index (κ1) is 19.8. The Labute approximate surface area is 183 Å². The molecule has 160 valence electrons. The minimum absolute atomic E-state index is 0.181. The average Bonchev–Trinajstić information content (AvgIpc) is 3.40. The third-order valence-corrected chi connectivity index (χ3v) is 5.28. The number of hydrazone groups is 1. The summed E-state index contributed by atoms with van der Waals surface area (Å²) in [6, 6.07) is 19.8. The van der Waals surface area contributed by atoms with E-state index >= 15 is 0 Å². The van der Waals surface area contributed by atoms with E-state index in [1.165, 1.54) is 12.1 Å². The first-order chi connectivity index (χ1) is 15.7. The number of nitrogens with zero attached hydrogens (tertiary/aromatic N) is 2. The minimum atomic E-state index is -0.254. The fourth-order valence-corrected chi connectivity index (χ4v) is 3.75. The van der Waals surface area contributed by atoms with Gasteiger partial charge in [0.2, 0.25) is 12.7 Å². The molecule has 4 aromatic rings. The number of nitrogens with one attached hydrogen (secondary N) is 1. The van der Waals surface area contributed by atoms with Gasteiger partial charge < -0.3 is 14.0 Å². The molecule has 0 fully saturated rings. The van der Waals surface area contributed by atoms with E-state index in [0.717, 1.165) is 27.6 Å². The molecule has 3 aromatic carbocycles. The van der Waals surface area contributed by atoms with E-state index in [-0.39, 0.29) is 24.9 Å². The molecule has 5 rings (SSSR count). The topological polar surface area (TPSA) is 64.8 Å². The van der Waals surface area contributed by atoms with Gasteiger partial charge in [-0.15, -0.1) is 0 Å². The van der Waals surface area contributed by atoms with Crippen molar-refractivity contribution in [3.05, 3.63) is 95.4 Å². The SMILES string of the molecule is O=C(Cc1ccc2c(c1)OCO2)N/N=C\c1cn(Cc2ccc(F)cc2)c2ccccc12. The number of benzene rings is 3. The maximum absolute atomic E-state index is 13.2. The van der Waals surface area contributed by atoms with Crippen molar-refractivity contribution in [3.63, 3.8) is 0 Å². The van der Waals surface area contributed by atoms with Crippen LogP contribution in [0.5, 0.6) is 11.5 Å². The van der Waals surface area contributed by atoms with Gasteiger partial charge in [0, 0.05) is 29.2 Å². The summed E-state index contributed by atoms with van der Waals surface area (Å²) in [5.74, 6) is 0.850. The third-order valence-electron chi connectivity index (χ3n) is 5.28. The van der Waals surface area contributed by atoms with Crippen molar-refractivity contribution in [1.82, 2.24) is 9.99 Å². The van der Waals surface area contributed by atoms with E-state index in [2.05, 4.69) is 15.1 Å². The molecule has 0 saturated heterocycles. The molecule has 0 unspecified atom stereocenters. The van der Waals surface area contributed by atoms with Crippen LogP contribution in [0.25, 0.3) is 10.9 Å². The molecule has 0 atom stereocenters. The van der Waals surface area contributed by atoms with Crippen molar-refractivity contribution in [1.29, 1.82) is 0 Å². The zero-order chi connectivity index (χ0) is 21.9. The van der Waals surface area contributed by atoms with E-state index in [1.54, 1.807) is 30.5 Å². The van der Waals surface area contributed by atoms with Crippen LogP contribution >= 0.6 is 0 Å². The van der Waals surface area contributed by atoms with E-state index in [1.807, 2.05) is 36.5 Å². The molecule has 2 heterocycles. The third kappa shape index (κ3) is 4.18. The number of para-hydroxylation sites is 1. The fraction of sp³-hybridized carbons (Fsp3) is 0.120. The highest BCUT2D eigenvalue weighted by molar-refractivity contribution is 5.99. The molecule has 0 spiro atoms. The van der Waals surface area contributed by atoms with Gasteiger partial charge in [0.1, 0.15) is 5.82 Å². The minimum Gasteiger partial charge on any atom is -0.454 e. The molecule has 32 heavy (non-hydrogen) atoms. The molecule has 1 aliphatic heterocycles. The molecule has 1 aromatic heterocycles. The van der Waals surface area contributed by atoms with Crippen molar-refractivity contribution in [2.24, 2.45) is 5.10 Å². The first-order valence-corrected chi connectivity index (χ1v) is 10.2. The van der Waals surface area contributed by atoms with Gasteiger partial charge in [-0.3, -0.25) is 4.79 Å². The number of hydrogen-bond donors (Lipinski definition) is 1. The Morgan fingerprint density at radius 3 is 2.69 bits per heavy atom. The van der Waals surface area contributed by atoms with Gasteiger partial charge in [-0.2, -0.15) is 5.10 Å². The van der Waals surface area contributed by atoms with Crippen molar-refractivity contribution >= 4 is 23.0 Å². The summed E-state index contributed by atoms with van der Waals surface area (Å²) >= 11 is 0. The number of halogens is 1. The number of aromatic nitrogens is 1. The van der Waals surface area contributed by atoms with E-state index in [0.29, 0.717) is 18.0 Å². The monoisotopic (exact) mass is 429 g/mol. The number of ether oxygens (including phenoxy) is 2. The quantitative estimate of drug-likeness (QED) is 0.368. The van der Waals surface area contributed by atoms with Crippen LogP contribution in [0.2, 0.25) is 0 Å². The lowest BCUT2D eigenvalue weighted by Crippen LogP contribution is -2.19. The molecule has 0 aliphatic carbocycles. The van der Waals surface area contributed by atoms with Crippen LogP contribution in [0.15, 0.2) is 78.0 Å². The summed E-state index contributed by atoms with van der Waals surface area (Å²) in [6.07, 6.45) is 3.79. The summed E-state index contributed by atoms with van der Waals surface area (Å²) in [5.41, 5.74) is 6.31. The first-order valence-electron chi connectivity index (χ1n) is 10.2. The Hall–Kier alpha value is -4.13. The molecule has 0 bridgehead atoms. The van der Waals surface area contributed by atoms with Crippen LogP contribution in [0, 0.1) is 5.82 Å². The number of hydrogen-bond acceptors (Lipinski definition) is 4. The highest BCUT2D eigenvalue weighted by atomic mass is 19.1. The van der Waals surface area contributed by atoms with Gasteiger partial charge in [-0.05, 0) is 41.5 Å². The Morgan fingerprint density at radius 2 is 1.81 bits per heavy atom. The van der Waals surface area contributed by atoms with Gasteiger partial charge in [0.15, 0.2) is 11.5 Å². The second-order valence-electron chi connectivity index (χ2n) is 7.51. The van der Waals surface area contributed by atoms with Crippen molar-refractivity contribution in [2.45, 2.75) is 13.0 Å². The molecule has 1 aliphatic rings. The van der Waals surface area contributed by atoms with Crippen molar-refractivity contribution in [2.75, 3.05) is 6.79 Å². The standard InChI is InChI=1S/C25H20FN3O3/c26-20-8-5-17(6-9-20)14-29-15-19(21-3-1-2-4-22(21)29)13-27-28-25(30)12-18-7-10-23-24(11-18)32-16-31-23/h1-11,13,15H,12,14,16H2,(H,28,30)/b27-13-. The number of rotatable bonds is 6. The largest absolute Gasteiger partial charge is 0.454 e. The summed E-state index contributed by atoms with van der Waals surface area (Å²) in [5, 5.41) is 5.17. The number of carbonyl (C=O) groups is 1. The number of fused-ring (bicyclic) bond motifs is 2. The molecule has 0 radical (unpaired) electrons. The summed E-state index contributed by atoms with van der Waals surface area (Å²) in [6.45, 7) is 0.801. The van der Waals surface area contributed by atoms with Gasteiger partial charge in [0.25, 0.3) is 0 Å². The second kappa shape index (κ2) is 8.55. The van der Waals surface area contributed by atoms with Gasteiger partial charge >= 0.3 is 0 Å². The van der Waals surface area contributed by atoms with Gasteiger partial charge in [-0.25, -0.2) is 9.82 Å². The van der Waals surface area contributed by atoms with Crippen LogP contribution in [-0.2, 0) is 17.8 Å². The second-order valence-corrected chi connectivity index (χ2v) is 7.51. The smallest absolute Gasteiger partial charge is 0.244 e. The average molecular weight is 429 g/mol. The predicted molar refractivity (Wildman–Crippen MR) is 119 cm³/mol. The molecule has 1 amide bonds. The lowest BCUT2D eigenvalue weighted by atomic mass is 10.1. The Morgan fingerprint density at radius 1 is 1.03 bits per heavy atom. The fourth-order valence-electron chi connectivity index (χ4n) is 3.75. The Bertz CT molecular complexity index is 1310. The van der Waals surface area contributed by atoms with E-state index in [9.17, 15) is 9.18 Å². The normalized spacial score (nSPS) is 12.5. The molecule has 0 saturated carbocycles. The van der Waals surface area contributed by atoms with Crippen LogP contribution < -0.4 is 14.9 Å². The Balaban J connectivity index is 1.29. The highest BCUT2D eigenvalue weighted by Gasteiger charge is 2.14. The zero-order valence-corrected chi connectivity index (χ0v) is 17.1. The van der Waals surface area contributed by atoms with E-state index in [4.69, 9.17) is 9.47 Å². The maximum Gasteiger partial charge on any atom is 0.244 e. The molecule has 6 nitrogen and oxygen atoms in total. The van der Waals surface area contributed by atoms with Gasteiger partial charge in [0.05, 0.1) is 12.6 Å². The molecule has 1 N–H and O–H groups in total. The molecule has 7 heteroatoms. The van der Waals surface area contributed by atoms with Crippen LogP contribution in [0.3, 0.4) is 0 Å². The Kier molecular flexibility index (Phi) is 5.29. The zero-order valence-electron chi connectivity index (χ0n) is 17.1. The van der Waals surface area contributed by atoms with Crippen molar-refractivity contribution in [3.8, 4) is 11.5 Å². The van der Waals surface area contributed by atoms with Crippen molar-refractivity contribution < 1.29 is 18.7 Å². The maximum atomic E-state index is 13.2. The van der Waals surface area contributed by atoms with Crippen LogP contribution in [0.4, 0.5) is 4.39 Å². The molecular formula is C25H20FN3O3. The lowest BCUT2D eigenvalue weighted by molar-refractivity contribution is -0.120. The lowest BCUT2D eigenvalue weighted by Gasteiger charge is -2.05. The summed E-state index contributed by atoms with van der Waals surface area (Å²) in [4.78, 5) is 12.3. The van der Waals surface area contributed by atoms with Gasteiger partial charge in [-0.1, -0.05) is 36.4 Å². The summed E-state index contributed by atoms with van der Waals surface area (Å²) in [7, 11) is 0. The predicted octanol–water partition coefficient (Wildman–Crippen LogP) is 4.25. The number of carbonyl (C=O) groups excluding carboxylic acids is 1. The number of amides is 1. The summed E-state index contributed by atoms with van der Waals surface area (Å²) < 4.78 is 25.9. The van der Waals surface area contributed by atoms with E-state index < -0.39 is 0 Å². The highest BCUT2D eigenvalue weighted by Crippen LogP contribution is 2.32. The molecular weight excluding hydrogens is 409 g/mol. The van der Waals surface area contributed by atoms with Crippen LogP contribution in [0.1, 0.15) is 16.7 Å². The van der Waals surface area contributed by atoms with Crippen LogP contribution in [-0.4, -0.2) is 23.5 Å².